The van der Waals surface area contributed by atoms with Crippen LogP contribution in [0.25, 0.3) is 0 Å². The molecule has 1 saturated heterocycles. The van der Waals surface area contributed by atoms with Gasteiger partial charge in [-0.3, -0.25) is 4.74 Å². The largest absolute Gasteiger partial charge is 0.524 e. The van der Waals surface area contributed by atoms with Crippen molar-refractivity contribution in [3.8, 4) is 0 Å². The van der Waals surface area contributed by atoms with Crippen LogP contribution in [0.1, 0.15) is 43.9 Å². The number of halogens is 4. The molecule has 2 heterocycles. The molecule has 3 rings (SSSR count). The van der Waals surface area contributed by atoms with Gasteiger partial charge in [0.25, 0.3) is 0 Å². The maximum Gasteiger partial charge on any atom is 0.524 e. The molecule has 2 atom stereocenters. The first-order chi connectivity index (χ1) is 9.88. The molecule has 2 N–H and O–H groups in total. The van der Waals surface area contributed by atoms with Gasteiger partial charge in [-0.25, -0.2) is 0 Å². The number of alkyl halides is 3. The minimum Gasteiger partial charge on any atom is -0.370 e. The van der Waals surface area contributed by atoms with Crippen molar-refractivity contribution in [1.82, 2.24) is 15.0 Å². The van der Waals surface area contributed by atoms with Crippen LogP contribution in [0.15, 0.2) is 6.20 Å². The lowest BCUT2D eigenvalue weighted by molar-refractivity contribution is -0.404. The van der Waals surface area contributed by atoms with Crippen molar-refractivity contribution in [3.63, 3.8) is 0 Å². The Bertz CT molecular complexity index is 499. The molecule has 0 aromatic carbocycles. The summed E-state index contributed by atoms with van der Waals surface area (Å²) in [7, 11) is 0. The van der Waals surface area contributed by atoms with Gasteiger partial charge in [0, 0.05) is 6.04 Å². The fourth-order valence-electron chi connectivity index (χ4n) is 2.66. The Morgan fingerprint density at radius 1 is 1.36 bits per heavy atom. The molecule has 0 unspecified atom stereocenters. The Balaban J connectivity index is 0.00000176. The number of ether oxygens (including phenoxy) is 2. The van der Waals surface area contributed by atoms with Gasteiger partial charge < -0.3 is 10.5 Å². The van der Waals surface area contributed by atoms with Gasteiger partial charge in [-0.05, 0) is 32.1 Å². The molecule has 0 amide bonds. The van der Waals surface area contributed by atoms with Crippen LogP contribution in [0.5, 0.6) is 0 Å². The van der Waals surface area contributed by atoms with Gasteiger partial charge in [-0.15, -0.1) is 25.6 Å². The third kappa shape index (κ3) is 3.53. The molecule has 2 aliphatic rings. The summed E-state index contributed by atoms with van der Waals surface area (Å²) in [6.07, 6.45) is -0.893. The number of hydrogen-bond acceptors (Lipinski definition) is 5. The highest BCUT2D eigenvalue weighted by atomic mass is 35.5. The van der Waals surface area contributed by atoms with Crippen LogP contribution in [0.2, 0.25) is 0 Å². The number of nitrogens with zero attached hydrogens (tertiary/aromatic N) is 3. The van der Waals surface area contributed by atoms with Crippen molar-refractivity contribution < 1.29 is 22.6 Å². The lowest BCUT2D eigenvalue weighted by Crippen LogP contribution is -2.48. The minimum absolute atomic E-state index is 0. The molecule has 1 aromatic heterocycles. The molecule has 1 aliphatic carbocycles. The van der Waals surface area contributed by atoms with E-state index in [-0.39, 0.29) is 37.4 Å². The monoisotopic (exact) mass is 342 g/mol. The van der Waals surface area contributed by atoms with E-state index in [4.69, 9.17) is 10.5 Å². The predicted octanol–water partition coefficient (Wildman–Crippen LogP) is 2.25. The third-order valence-corrected chi connectivity index (χ3v) is 3.96. The second-order valence-electron chi connectivity index (χ2n) is 5.57. The van der Waals surface area contributed by atoms with Crippen LogP contribution < -0.4 is 5.73 Å². The van der Waals surface area contributed by atoms with E-state index in [1.54, 1.807) is 0 Å². The zero-order valence-corrected chi connectivity index (χ0v) is 12.6. The standard InChI is InChI=1S/C12H17F3N4O2.ClH/c13-12(14,15)21-11(4-1-5-11)19-17-6-9(18-19)10-3-2-8(16)7-20-10;/h6,8,10H,1-5,7,16H2;1H/t8-,10+;/m1./s1. The van der Waals surface area contributed by atoms with Gasteiger partial charge in [0.05, 0.1) is 12.8 Å². The van der Waals surface area contributed by atoms with Crippen molar-refractivity contribution >= 4 is 12.4 Å². The minimum atomic E-state index is -4.71. The van der Waals surface area contributed by atoms with Crippen LogP contribution in [0.4, 0.5) is 13.2 Å². The first-order valence-electron chi connectivity index (χ1n) is 6.95. The summed E-state index contributed by atoms with van der Waals surface area (Å²) in [5, 5.41) is 8.11. The molecule has 6 nitrogen and oxygen atoms in total. The average Bonchev–Trinajstić information content (AvgIpc) is 2.83. The van der Waals surface area contributed by atoms with E-state index in [2.05, 4.69) is 14.9 Å². The van der Waals surface area contributed by atoms with Crippen LogP contribution in [0.3, 0.4) is 0 Å². The number of nitrogens with two attached hydrogens (primary N) is 1. The van der Waals surface area contributed by atoms with Crippen LogP contribution in [0, 0.1) is 0 Å². The van der Waals surface area contributed by atoms with Gasteiger partial charge in [-0.1, -0.05) is 0 Å². The fraction of sp³-hybridized carbons (Fsp3) is 0.833. The summed E-state index contributed by atoms with van der Waals surface area (Å²) < 4.78 is 47.4. The van der Waals surface area contributed by atoms with Crippen molar-refractivity contribution in [2.45, 2.75) is 56.3 Å². The smallest absolute Gasteiger partial charge is 0.370 e. The Labute approximate surface area is 131 Å². The quantitative estimate of drug-likeness (QED) is 0.912. The van der Waals surface area contributed by atoms with E-state index in [0.29, 0.717) is 25.1 Å². The Hall–Kier alpha value is -0.900. The second-order valence-corrected chi connectivity index (χ2v) is 5.57. The molecule has 126 valence electrons. The lowest BCUT2D eigenvalue weighted by atomic mass is 9.88. The topological polar surface area (TPSA) is 75.2 Å². The highest BCUT2D eigenvalue weighted by molar-refractivity contribution is 5.85. The van der Waals surface area contributed by atoms with Crippen molar-refractivity contribution in [2.24, 2.45) is 5.73 Å². The molecule has 10 heteroatoms. The molecule has 0 spiro atoms. The molecule has 22 heavy (non-hydrogen) atoms. The van der Waals surface area contributed by atoms with Gasteiger partial charge >= 0.3 is 6.36 Å². The van der Waals surface area contributed by atoms with Gasteiger partial charge in [0.15, 0.2) is 5.72 Å². The van der Waals surface area contributed by atoms with Crippen LogP contribution in [-0.2, 0) is 15.2 Å². The Kier molecular flexibility index (Phi) is 5.00. The van der Waals surface area contributed by atoms with Crippen LogP contribution in [-0.4, -0.2) is 34.0 Å². The maximum absolute atomic E-state index is 12.5. The van der Waals surface area contributed by atoms with Crippen molar-refractivity contribution in [1.29, 1.82) is 0 Å². The molecule has 1 aliphatic heterocycles. The Morgan fingerprint density at radius 2 is 2.09 bits per heavy atom. The molecular formula is C12H18ClF3N4O2. The second kappa shape index (κ2) is 6.31. The average molecular weight is 343 g/mol. The number of hydrogen-bond donors (Lipinski definition) is 1. The zero-order valence-electron chi connectivity index (χ0n) is 11.8. The summed E-state index contributed by atoms with van der Waals surface area (Å²) in [5.41, 5.74) is 4.77. The molecular weight excluding hydrogens is 325 g/mol. The van der Waals surface area contributed by atoms with E-state index in [0.717, 1.165) is 11.2 Å². The lowest BCUT2D eigenvalue weighted by Gasteiger charge is -2.40. The highest BCUT2D eigenvalue weighted by Gasteiger charge is 2.50. The first-order valence-corrected chi connectivity index (χ1v) is 6.95. The maximum atomic E-state index is 12.5. The third-order valence-electron chi connectivity index (χ3n) is 3.96. The van der Waals surface area contributed by atoms with Gasteiger partial charge in [0.1, 0.15) is 11.8 Å². The SMILES string of the molecule is Cl.N[C@@H]1CC[C@@H](c2cnn(C3(OC(F)(F)F)CCC3)n2)OC1. The fourth-order valence-corrected chi connectivity index (χ4v) is 2.66. The molecule has 2 fully saturated rings. The number of aromatic nitrogens is 3. The van der Waals surface area contributed by atoms with E-state index in [1.165, 1.54) is 6.20 Å². The normalized spacial score (nSPS) is 27.8. The van der Waals surface area contributed by atoms with E-state index < -0.39 is 12.1 Å². The molecule has 1 aromatic rings. The summed E-state index contributed by atoms with van der Waals surface area (Å²) in [6, 6.07) is 0.00262. The summed E-state index contributed by atoms with van der Waals surface area (Å²) in [6.45, 7) is 0.418. The summed E-state index contributed by atoms with van der Waals surface area (Å²) in [4.78, 5) is 1.04. The number of rotatable bonds is 3. The van der Waals surface area contributed by atoms with E-state index in [1.807, 2.05) is 0 Å². The summed E-state index contributed by atoms with van der Waals surface area (Å²) in [5.74, 6) is 0. The van der Waals surface area contributed by atoms with Crippen LogP contribution >= 0.6 is 12.4 Å². The molecule has 0 bridgehead atoms. The van der Waals surface area contributed by atoms with Gasteiger partial charge in [-0.2, -0.15) is 15.0 Å². The summed E-state index contributed by atoms with van der Waals surface area (Å²) >= 11 is 0. The molecule has 1 saturated carbocycles. The molecule has 0 radical (unpaired) electrons. The predicted molar refractivity (Wildman–Crippen MR) is 72.1 cm³/mol. The Morgan fingerprint density at radius 3 is 2.59 bits per heavy atom. The van der Waals surface area contributed by atoms with E-state index in [9.17, 15) is 13.2 Å². The highest BCUT2D eigenvalue weighted by Crippen LogP contribution is 2.43. The van der Waals surface area contributed by atoms with Gasteiger partial charge in [0.2, 0.25) is 0 Å². The van der Waals surface area contributed by atoms with E-state index >= 15 is 0 Å². The van der Waals surface area contributed by atoms with Crippen molar-refractivity contribution in [2.75, 3.05) is 6.61 Å². The van der Waals surface area contributed by atoms with Crippen molar-refractivity contribution in [3.05, 3.63) is 11.9 Å². The zero-order chi connectivity index (χ0) is 15.1. The first kappa shape index (κ1) is 17.5.